The minimum Gasteiger partial charge on any atom is -0.393 e. The first-order valence-corrected chi connectivity index (χ1v) is 8.00. The van der Waals surface area contributed by atoms with Crippen LogP contribution < -0.4 is 27.6 Å². The average molecular weight is 369 g/mol. The van der Waals surface area contributed by atoms with Gasteiger partial charge in [0.15, 0.2) is 11.6 Å². The van der Waals surface area contributed by atoms with Gasteiger partial charge in [-0.05, 0) is 0 Å². The largest absolute Gasteiger partial charge is 0.451 e. The zero-order valence-electron chi connectivity index (χ0n) is 15.4. The molecule has 0 radical (unpaired) electrons. The first-order chi connectivity index (χ1) is 11.7. The Morgan fingerprint density at radius 2 is 1.52 bits per heavy atom. The van der Waals surface area contributed by atoms with Crippen LogP contribution in [0.4, 0.5) is 30.5 Å². The van der Waals surface area contributed by atoms with Crippen molar-refractivity contribution in [2.45, 2.75) is 33.9 Å². The van der Waals surface area contributed by atoms with E-state index in [0.29, 0.717) is 0 Å². The maximum atomic E-state index is 12.3. The van der Waals surface area contributed by atoms with E-state index in [0.717, 1.165) is 31.3 Å². The fraction of sp³-hybridized carbons (Fsp3) is 0.714. The summed E-state index contributed by atoms with van der Waals surface area (Å²) >= 11 is 0. The summed E-state index contributed by atoms with van der Waals surface area (Å²) in [6.45, 7) is 11.8. The molecule has 0 spiro atoms. The first kappa shape index (κ1) is 25.4. The second kappa shape index (κ2) is 13.4. The maximum Gasteiger partial charge on any atom is 0.451 e. The van der Waals surface area contributed by atoms with Crippen molar-refractivity contribution in [1.82, 2.24) is 15.3 Å². The molecule has 2 heterocycles. The average Bonchev–Trinajstić information content (AvgIpc) is 2.61. The number of nitrogens with one attached hydrogen (secondary N) is 1. The van der Waals surface area contributed by atoms with E-state index in [1.165, 1.54) is 7.05 Å². The molecule has 0 atom stereocenters. The number of nitrogens with two attached hydrogens (primary N) is 3. The van der Waals surface area contributed by atoms with Crippen molar-refractivity contribution in [1.29, 1.82) is 0 Å². The van der Waals surface area contributed by atoms with Gasteiger partial charge in [-0.25, -0.2) is 15.8 Å². The Balaban J connectivity index is 0. The normalized spacial score (nSPS) is 13.2. The Labute approximate surface area is 146 Å². The number of rotatable bonds is 1. The van der Waals surface area contributed by atoms with Crippen molar-refractivity contribution in [2.24, 2.45) is 5.84 Å². The molecule has 7 N–H and O–H groups in total. The van der Waals surface area contributed by atoms with Crippen LogP contribution in [0.3, 0.4) is 0 Å². The van der Waals surface area contributed by atoms with E-state index in [4.69, 9.17) is 22.0 Å². The van der Waals surface area contributed by atoms with Crippen molar-refractivity contribution < 1.29 is 17.9 Å². The minimum absolute atomic E-state index is 0.187. The van der Waals surface area contributed by atoms with Crippen LogP contribution in [-0.2, 0) is 10.9 Å². The Kier molecular flexibility index (Phi) is 13.7. The maximum absolute atomic E-state index is 12.3. The molecule has 1 aliphatic heterocycles. The molecule has 0 saturated carbocycles. The molecule has 0 unspecified atom stereocenters. The van der Waals surface area contributed by atoms with E-state index in [1.54, 1.807) is 0 Å². The van der Waals surface area contributed by atoms with Crippen molar-refractivity contribution in [2.75, 3.05) is 49.8 Å². The van der Waals surface area contributed by atoms with Gasteiger partial charge in [0.1, 0.15) is 5.69 Å². The van der Waals surface area contributed by atoms with Crippen LogP contribution in [0, 0.1) is 0 Å². The highest BCUT2D eigenvalue weighted by molar-refractivity contribution is 5.73. The number of hydrogen-bond donors (Lipinski definition) is 4. The zero-order valence-corrected chi connectivity index (χ0v) is 15.4. The monoisotopic (exact) mass is 369 g/mol. The summed E-state index contributed by atoms with van der Waals surface area (Å²) in [6, 6.07) is 0. The van der Waals surface area contributed by atoms with Crippen LogP contribution >= 0.6 is 0 Å². The Bertz CT molecular complexity index is 455. The van der Waals surface area contributed by atoms with Crippen molar-refractivity contribution in [3.8, 4) is 0 Å². The summed E-state index contributed by atoms with van der Waals surface area (Å²) < 4.78 is 41.8. The van der Waals surface area contributed by atoms with E-state index < -0.39 is 17.8 Å². The molecule has 1 aromatic heterocycles. The van der Waals surface area contributed by atoms with Crippen LogP contribution in [0.2, 0.25) is 0 Å². The van der Waals surface area contributed by atoms with Gasteiger partial charge in [0.25, 0.3) is 0 Å². The highest BCUT2D eigenvalue weighted by Crippen LogP contribution is 2.31. The van der Waals surface area contributed by atoms with Gasteiger partial charge in [-0.15, -0.1) is 0 Å². The third kappa shape index (κ3) is 9.89. The lowest BCUT2D eigenvalue weighted by Gasteiger charge is -2.16. The molecular weight excluding hydrogens is 339 g/mol. The molecule has 11 heteroatoms. The molecule has 25 heavy (non-hydrogen) atoms. The lowest BCUT2D eigenvalue weighted by Crippen LogP contribution is -2.30. The van der Waals surface area contributed by atoms with E-state index >= 15 is 0 Å². The van der Waals surface area contributed by atoms with E-state index in [1.807, 2.05) is 27.7 Å². The highest BCUT2D eigenvalue weighted by Gasteiger charge is 2.36. The van der Waals surface area contributed by atoms with Crippen LogP contribution in [0.25, 0.3) is 0 Å². The summed E-state index contributed by atoms with van der Waals surface area (Å²) in [5, 5.41) is 4.00. The number of nitrogen functional groups attached to an aromatic ring is 2. The molecular formula is C14H30F3N7O. The van der Waals surface area contributed by atoms with Crippen LogP contribution in [0.5, 0.6) is 0 Å². The molecule has 2 rings (SSSR count). The van der Waals surface area contributed by atoms with Gasteiger partial charge in [-0.3, -0.25) is 5.01 Å². The van der Waals surface area contributed by atoms with Gasteiger partial charge in [0.2, 0.25) is 5.82 Å². The number of alkyl halides is 3. The SMILES string of the molecule is C1COCCN1.CC.CC.CN(N)c1nc(C(F)(F)F)nc(N)c1N. The summed E-state index contributed by atoms with van der Waals surface area (Å²) in [5.41, 5.74) is 10.4. The van der Waals surface area contributed by atoms with Crippen molar-refractivity contribution in [3.63, 3.8) is 0 Å². The predicted molar refractivity (Wildman–Crippen MR) is 94.8 cm³/mol. The molecule has 1 fully saturated rings. The fourth-order valence-corrected chi connectivity index (χ4v) is 1.39. The molecule has 0 bridgehead atoms. The number of hydrogen-bond acceptors (Lipinski definition) is 8. The van der Waals surface area contributed by atoms with Gasteiger partial charge in [0.05, 0.1) is 13.2 Å². The molecule has 0 aromatic carbocycles. The quantitative estimate of drug-likeness (QED) is 0.434. The fourth-order valence-electron chi connectivity index (χ4n) is 1.39. The van der Waals surface area contributed by atoms with Gasteiger partial charge >= 0.3 is 6.18 Å². The topological polar surface area (TPSA) is 128 Å². The van der Waals surface area contributed by atoms with Crippen molar-refractivity contribution >= 4 is 17.3 Å². The molecule has 1 saturated heterocycles. The minimum atomic E-state index is -4.69. The molecule has 0 amide bonds. The predicted octanol–water partition coefficient (Wildman–Crippen LogP) is 1.63. The van der Waals surface area contributed by atoms with Gasteiger partial charge in [-0.2, -0.15) is 13.2 Å². The second-order valence-electron chi connectivity index (χ2n) is 4.14. The summed E-state index contributed by atoms with van der Waals surface area (Å²) in [7, 11) is 1.29. The number of ether oxygens (including phenoxy) is 1. The molecule has 148 valence electrons. The van der Waals surface area contributed by atoms with Crippen molar-refractivity contribution in [3.05, 3.63) is 5.82 Å². The standard InChI is InChI=1S/C6H9F3N6.C4H9NO.2C2H6/c1-15(12)4-2(10)3(11)13-5(14-4)6(7,8)9;1-3-6-4-2-5-1;2*1-2/h10,12H2,1H3,(H2,11,13,14);5H,1-4H2;2*1-2H3. The lowest BCUT2D eigenvalue weighted by atomic mass is 10.4. The van der Waals surface area contributed by atoms with E-state index in [2.05, 4.69) is 15.3 Å². The smallest absolute Gasteiger partial charge is 0.393 e. The summed E-state index contributed by atoms with van der Waals surface area (Å²) in [4.78, 5) is 6.19. The molecule has 1 aromatic rings. The number of anilines is 3. The zero-order chi connectivity index (χ0) is 20.0. The van der Waals surface area contributed by atoms with E-state index in [-0.39, 0.29) is 11.5 Å². The van der Waals surface area contributed by atoms with Gasteiger partial charge in [0, 0.05) is 20.1 Å². The number of halogens is 3. The summed E-state index contributed by atoms with van der Waals surface area (Å²) in [6.07, 6.45) is -4.69. The first-order valence-electron chi connectivity index (χ1n) is 8.00. The Morgan fingerprint density at radius 3 is 1.80 bits per heavy atom. The number of nitrogens with zero attached hydrogens (tertiary/aromatic N) is 3. The van der Waals surface area contributed by atoms with Gasteiger partial charge < -0.3 is 21.5 Å². The van der Waals surface area contributed by atoms with Crippen LogP contribution in [-0.4, -0.2) is 43.3 Å². The van der Waals surface area contributed by atoms with E-state index in [9.17, 15) is 13.2 Å². The third-order valence-corrected chi connectivity index (χ3v) is 2.39. The third-order valence-electron chi connectivity index (χ3n) is 2.39. The Morgan fingerprint density at radius 1 is 1.04 bits per heavy atom. The number of aromatic nitrogens is 2. The molecule has 1 aliphatic rings. The molecule has 0 aliphatic carbocycles. The van der Waals surface area contributed by atoms with Crippen LogP contribution in [0.15, 0.2) is 0 Å². The lowest BCUT2D eigenvalue weighted by molar-refractivity contribution is -0.144. The number of morpholine rings is 1. The van der Waals surface area contributed by atoms with Gasteiger partial charge in [-0.1, -0.05) is 27.7 Å². The Hall–Kier alpha value is -1.85. The summed E-state index contributed by atoms with van der Waals surface area (Å²) in [5.74, 6) is 3.14. The molecule has 8 nitrogen and oxygen atoms in total. The number of hydrazine groups is 1. The highest BCUT2D eigenvalue weighted by atomic mass is 19.4. The van der Waals surface area contributed by atoms with Crippen LogP contribution in [0.1, 0.15) is 33.5 Å². The second-order valence-corrected chi connectivity index (χ2v) is 4.14.